The van der Waals surface area contributed by atoms with Crippen LogP contribution in [-0.4, -0.2) is 23.4 Å². The van der Waals surface area contributed by atoms with Crippen molar-refractivity contribution in [2.75, 3.05) is 6.79 Å². The first-order chi connectivity index (χ1) is 10.7. The van der Waals surface area contributed by atoms with E-state index >= 15 is 0 Å². The average Bonchev–Trinajstić information content (AvgIpc) is 3.01. The summed E-state index contributed by atoms with van der Waals surface area (Å²) in [6.07, 6.45) is 3.75. The lowest BCUT2D eigenvalue weighted by molar-refractivity contribution is 0.0954. The van der Waals surface area contributed by atoms with E-state index in [0.29, 0.717) is 12.0 Å². The topological polar surface area (TPSA) is 72.8 Å². The van der Waals surface area contributed by atoms with Crippen molar-refractivity contribution in [1.82, 2.24) is 10.4 Å². The summed E-state index contributed by atoms with van der Waals surface area (Å²) in [6, 6.07) is 9.03. The van der Waals surface area contributed by atoms with Crippen LogP contribution in [-0.2, 0) is 6.42 Å². The molecular weight excluding hydrogens is 282 g/mol. The van der Waals surface area contributed by atoms with Crippen molar-refractivity contribution in [3.05, 3.63) is 53.9 Å². The minimum atomic E-state index is -0.257. The Labute approximate surface area is 127 Å². The van der Waals surface area contributed by atoms with Crippen molar-refractivity contribution in [3.8, 4) is 11.5 Å². The molecule has 0 atom stereocenters. The molecule has 0 saturated carbocycles. The van der Waals surface area contributed by atoms with Gasteiger partial charge in [0.1, 0.15) is 0 Å². The van der Waals surface area contributed by atoms with Gasteiger partial charge < -0.3 is 9.47 Å². The number of benzene rings is 1. The SMILES string of the molecule is C/C(Cc1ccc2c(c1)OCO2)=N\NC(=O)c1ccncc1. The van der Waals surface area contributed by atoms with Gasteiger partial charge in [0.25, 0.3) is 5.91 Å². The third kappa shape index (κ3) is 3.22. The molecule has 1 aliphatic rings. The molecule has 1 aromatic carbocycles. The van der Waals surface area contributed by atoms with Gasteiger partial charge in [0.15, 0.2) is 11.5 Å². The highest BCUT2D eigenvalue weighted by Crippen LogP contribution is 2.32. The van der Waals surface area contributed by atoms with E-state index in [1.807, 2.05) is 25.1 Å². The number of carbonyl (C=O) groups is 1. The average molecular weight is 297 g/mol. The number of nitrogens with zero attached hydrogens (tertiary/aromatic N) is 2. The van der Waals surface area contributed by atoms with E-state index < -0.39 is 0 Å². The van der Waals surface area contributed by atoms with Crippen molar-refractivity contribution in [2.24, 2.45) is 5.10 Å². The molecule has 0 fully saturated rings. The molecule has 6 nitrogen and oxygen atoms in total. The molecule has 0 unspecified atom stereocenters. The smallest absolute Gasteiger partial charge is 0.271 e. The summed E-state index contributed by atoms with van der Waals surface area (Å²) >= 11 is 0. The molecule has 0 saturated heterocycles. The van der Waals surface area contributed by atoms with E-state index in [0.717, 1.165) is 22.8 Å². The number of pyridine rings is 1. The Kier molecular flexibility index (Phi) is 4.00. The normalized spacial score (nSPS) is 13.0. The first kappa shape index (κ1) is 14.1. The number of hydrazone groups is 1. The predicted octanol–water partition coefficient (Wildman–Crippen LogP) is 2.16. The van der Waals surface area contributed by atoms with Gasteiger partial charge in [0, 0.05) is 30.1 Å². The van der Waals surface area contributed by atoms with E-state index in [1.54, 1.807) is 24.5 Å². The van der Waals surface area contributed by atoms with E-state index in [-0.39, 0.29) is 12.7 Å². The molecule has 1 amide bonds. The fraction of sp³-hybridized carbons (Fsp3) is 0.188. The zero-order valence-electron chi connectivity index (χ0n) is 12.1. The summed E-state index contributed by atoms with van der Waals surface area (Å²) in [5, 5.41) is 4.11. The van der Waals surface area contributed by atoms with Gasteiger partial charge in [0.2, 0.25) is 6.79 Å². The Morgan fingerprint density at radius 2 is 2.00 bits per heavy atom. The predicted molar refractivity (Wildman–Crippen MR) is 81.1 cm³/mol. The number of hydrogen-bond acceptors (Lipinski definition) is 5. The number of amides is 1. The third-order valence-corrected chi connectivity index (χ3v) is 3.19. The van der Waals surface area contributed by atoms with Crippen molar-refractivity contribution in [3.63, 3.8) is 0 Å². The van der Waals surface area contributed by atoms with Gasteiger partial charge in [-0.25, -0.2) is 5.43 Å². The van der Waals surface area contributed by atoms with Crippen molar-refractivity contribution in [2.45, 2.75) is 13.3 Å². The van der Waals surface area contributed by atoms with E-state index in [2.05, 4.69) is 15.5 Å². The van der Waals surface area contributed by atoms with Crippen LogP contribution >= 0.6 is 0 Å². The lowest BCUT2D eigenvalue weighted by Crippen LogP contribution is -2.19. The summed E-state index contributed by atoms with van der Waals surface area (Å²) < 4.78 is 10.6. The zero-order chi connectivity index (χ0) is 15.4. The highest BCUT2D eigenvalue weighted by atomic mass is 16.7. The molecule has 3 rings (SSSR count). The molecule has 1 aliphatic heterocycles. The monoisotopic (exact) mass is 297 g/mol. The number of aromatic nitrogens is 1. The van der Waals surface area contributed by atoms with Crippen LogP contribution in [0, 0.1) is 0 Å². The van der Waals surface area contributed by atoms with Gasteiger partial charge in [-0.05, 0) is 36.8 Å². The zero-order valence-corrected chi connectivity index (χ0v) is 12.1. The number of rotatable bonds is 4. The number of carbonyl (C=O) groups excluding carboxylic acids is 1. The highest BCUT2D eigenvalue weighted by molar-refractivity contribution is 5.95. The molecule has 2 aromatic rings. The largest absolute Gasteiger partial charge is 0.454 e. The summed E-state index contributed by atoms with van der Waals surface area (Å²) in [7, 11) is 0. The fourth-order valence-corrected chi connectivity index (χ4v) is 2.10. The maximum atomic E-state index is 11.9. The maximum Gasteiger partial charge on any atom is 0.271 e. The molecule has 6 heteroatoms. The number of nitrogens with one attached hydrogen (secondary N) is 1. The second-order valence-corrected chi connectivity index (χ2v) is 4.89. The first-order valence-electron chi connectivity index (χ1n) is 6.84. The third-order valence-electron chi connectivity index (χ3n) is 3.19. The highest BCUT2D eigenvalue weighted by Gasteiger charge is 2.13. The molecule has 22 heavy (non-hydrogen) atoms. The molecule has 1 N–H and O–H groups in total. The molecular formula is C16H15N3O3. The lowest BCUT2D eigenvalue weighted by Gasteiger charge is -2.04. The van der Waals surface area contributed by atoms with Crippen LogP contribution in [0.1, 0.15) is 22.8 Å². The second kappa shape index (κ2) is 6.26. The van der Waals surface area contributed by atoms with Gasteiger partial charge in [-0.15, -0.1) is 0 Å². The minimum Gasteiger partial charge on any atom is -0.454 e. The number of fused-ring (bicyclic) bond motifs is 1. The van der Waals surface area contributed by atoms with Crippen LogP contribution in [0.4, 0.5) is 0 Å². The summed E-state index contributed by atoms with van der Waals surface area (Å²) in [5.41, 5.74) is 4.90. The molecule has 0 bridgehead atoms. The summed E-state index contributed by atoms with van der Waals surface area (Å²) in [5.74, 6) is 1.24. The molecule has 112 valence electrons. The van der Waals surface area contributed by atoms with Crippen molar-refractivity contribution >= 4 is 11.6 Å². The maximum absolute atomic E-state index is 11.9. The summed E-state index contributed by atoms with van der Waals surface area (Å²) in [4.78, 5) is 15.7. The van der Waals surface area contributed by atoms with Crippen LogP contribution in [0.5, 0.6) is 11.5 Å². The van der Waals surface area contributed by atoms with Crippen LogP contribution in [0.15, 0.2) is 47.8 Å². The van der Waals surface area contributed by atoms with Crippen molar-refractivity contribution in [1.29, 1.82) is 0 Å². The van der Waals surface area contributed by atoms with Gasteiger partial charge >= 0.3 is 0 Å². The van der Waals surface area contributed by atoms with Gasteiger partial charge in [-0.1, -0.05) is 6.07 Å². The van der Waals surface area contributed by atoms with Gasteiger partial charge in [-0.3, -0.25) is 9.78 Å². The molecule has 1 aromatic heterocycles. The quantitative estimate of drug-likeness (QED) is 0.693. The number of hydrogen-bond donors (Lipinski definition) is 1. The Morgan fingerprint density at radius 3 is 2.82 bits per heavy atom. The minimum absolute atomic E-state index is 0.257. The van der Waals surface area contributed by atoms with Crippen molar-refractivity contribution < 1.29 is 14.3 Å². The van der Waals surface area contributed by atoms with Gasteiger partial charge in [-0.2, -0.15) is 5.10 Å². The second-order valence-electron chi connectivity index (χ2n) is 4.89. The molecule has 0 aliphatic carbocycles. The molecule has 0 radical (unpaired) electrons. The van der Waals surface area contributed by atoms with Crippen LogP contribution in [0.3, 0.4) is 0 Å². The molecule has 2 heterocycles. The van der Waals surface area contributed by atoms with Crippen LogP contribution in [0.25, 0.3) is 0 Å². The Morgan fingerprint density at radius 1 is 1.23 bits per heavy atom. The molecule has 0 spiro atoms. The standard InChI is InChI=1S/C16H15N3O3/c1-11(18-19-16(20)13-4-6-17-7-5-13)8-12-2-3-14-15(9-12)22-10-21-14/h2-7,9H,8,10H2,1H3,(H,19,20)/b18-11+. The van der Waals surface area contributed by atoms with Gasteiger partial charge in [0.05, 0.1) is 0 Å². The van der Waals surface area contributed by atoms with E-state index in [1.165, 1.54) is 0 Å². The van der Waals surface area contributed by atoms with Crippen LogP contribution < -0.4 is 14.9 Å². The lowest BCUT2D eigenvalue weighted by atomic mass is 10.1. The summed E-state index contributed by atoms with van der Waals surface area (Å²) in [6.45, 7) is 2.12. The Bertz CT molecular complexity index is 714. The Hall–Kier alpha value is -2.89. The van der Waals surface area contributed by atoms with E-state index in [9.17, 15) is 4.79 Å². The van der Waals surface area contributed by atoms with Crippen LogP contribution in [0.2, 0.25) is 0 Å². The Balaban J connectivity index is 1.62. The number of ether oxygens (including phenoxy) is 2. The fourth-order valence-electron chi connectivity index (χ4n) is 2.10. The van der Waals surface area contributed by atoms with E-state index in [4.69, 9.17) is 9.47 Å². The first-order valence-corrected chi connectivity index (χ1v) is 6.84.